The fourth-order valence-corrected chi connectivity index (χ4v) is 4.72. The third-order valence-electron chi connectivity index (χ3n) is 5.23. The minimum Gasteiger partial charge on any atom is -0.494 e. The zero-order valence-corrected chi connectivity index (χ0v) is 18.4. The van der Waals surface area contributed by atoms with Crippen LogP contribution in [0, 0.1) is 12.7 Å². The Morgan fingerprint density at radius 1 is 1.19 bits per heavy atom. The number of carbonyl (C=O) groups is 3. The molecule has 2 aromatic rings. The number of halogens is 1. The SMILES string of the molecule is CCOc1ccc(NC(=O)CN2C(=O)N(c3ccc(F)c(C)c3)C(=O)C3SC=CC32)cc1. The molecular weight excluding hydrogens is 433 g/mol. The predicted molar refractivity (Wildman–Crippen MR) is 121 cm³/mol. The average molecular weight is 456 g/mol. The molecule has 0 aliphatic carbocycles. The van der Waals surface area contributed by atoms with E-state index in [2.05, 4.69) is 5.32 Å². The largest absolute Gasteiger partial charge is 0.494 e. The normalized spacial score (nSPS) is 19.8. The van der Waals surface area contributed by atoms with Gasteiger partial charge in [0.2, 0.25) is 5.91 Å². The van der Waals surface area contributed by atoms with Gasteiger partial charge >= 0.3 is 6.03 Å². The Morgan fingerprint density at radius 3 is 2.62 bits per heavy atom. The molecule has 9 heteroatoms. The van der Waals surface area contributed by atoms with E-state index in [1.807, 2.05) is 6.92 Å². The lowest BCUT2D eigenvalue weighted by Gasteiger charge is -2.40. The molecule has 2 aliphatic rings. The van der Waals surface area contributed by atoms with Gasteiger partial charge in [0.25, 0.3) is 5.91 Å². The molecule has 0 spiro atoms. The molecule has 0 saturated carbocycles. The molecule has 4 amide bonds. The smallest absolute Gasteiger partial charge is 0.332 e. The highest BCUT2D eigenvalue weighted by molar-refractivity contribution is 8.03. The van der Waals surface area contributed by atoms with Crippen LogP contribution in [0.15, 0.2) is 53.9 Å². The van der Waals surface area contributed by atoms with Gasteiger partial charge in [-0.2, -0.15) is 0 Å². The molecule has 1 fully saturated rings. The summed E-state index contributed by atoms with van der Waals surface area (Å²) < 4.78 is 19.1. The summed E-state index contributed by atoms with van der Waals surface area (Å²) in [6.07, 6.45) is 1.75. The number of aryl methyl sites for hydroxylation is 1. The molecule has 1 N–H and O–H groups in total. The van der Waals surface area contributed by atoms with E-state index in [0.29, 0.717) is 23.6 Å². The molecule has 2 aromatic carbocycles. The zero-order valence-electron chi connectivity index (χ0n) is 17.6. The second-order valence-electron chi connectivity index (χ2n) is 7.40. The summed E-state index contributed by atoms with van der Waals surface area (Å²) in [7, 11) is 0. The van der Waals surface area contributed by atoms with Gasteiger partial charge in [-0.3, -0.25) is 9.59 Å². The van der Waals surface area contributed by atoms with Crippen LogP contribution in [-0.2, 0) is 9.59 Å². The summed E-state index contributed by atoms with van der Waals surface area (Å²) in [5.74, 6) is -0.510. The van der Waals surface area contributed by atoms with Crippen LogP contribution in [0.25, 0.3) is 0 Å². The van der Waals surface area contributed by atoms with E-state index >= 15 is 0 Å². The summed E-state index contributed by atoms with van der Waals surface area (Å²) in [6, 6.07) is 9.85. The van der Waals surface area contributed by atoms with Gasteiger partial charge in [0.15, 0.2) is 0 Å². The third kappa shape index (κ3) is 4.20. The summed E-state index contributed by atoms with van der Waals surface area (Å²) in [5, 5.41) is 3.97. The van der Waals surface area contributed by atoms with Gasteiger partial charge in [0.1, 0.15) is 23.4 Å². The first-order valence-corrected chi connectivity index (χ1v) is 11.1. The highest BCUT2D eigenvalue weighted by Crippen LogP contribution is 2.36. The van der Waals surface area contributed by atoms with Crippen molar-refractivity contribution in [3.63, 3.8) is 0 Å². The number of anilines is 2. The topological polar surface area (TPSA) is 79.0 Å². The number of hydrogen-bond donors (Lipinski definition) is 1. The van der Waals surface area contributed by atoms with Crippen LogP contribution in [0.3, 0.4) is 0 Å². The lowest BCUT2D eigenvalue weighted by atomic mass is 10.1. The van der Waals surface area contributed by atoms with Crippen LogP contribution in [0.2, 0.25) is 0 Å². The molecule has 2 unspecified atom stereocenters. The Morgan fingerprint density at radius 2 is 1.94 bits per heavy atom. The van der Waals surface area contributed by atoms with Crippen molar-refractivity contribution in [2.45, 2.75) is 25.1 Å². The Balaban J connectivity index is 1.54. The molecular formula is C23H22FN3O4S. The fourth-order valence-electron chi connectivity index (χ4n) is 3.68. The van der Waals surface area contributed by atoms with Crippen molar-refractivity contribution in [2.24, 2.45) is 0 Å². The highest BCUT2D eigenvalue weighted by atomic mass is 32.2. The molecule has 0 radical (unpaired) electrons. The minimum absolute atomic E-state index is 0.234. The maximum Gasteiger partial charge on any atom is 0.332 e. The molecule has 2 aliphatic heterocycles. The second-order valence-corrected chi connectivity index (χ2v) is 8.45. The van der Waals surface area contributed by atoms with E-state index in [-0.39, 0.29) is 18.1 Å². The lowest BCUT2D eigenvalue weighted by molar-refractivity contribution is -0.121. The van der Waals surface area contributed by atoms with Gasteiger partial charge in [-0.25, -0.2) is 14.1 Å². The Kier molecular flexibility index (Phi) is 6.18. The molecule has 2 atom stereocenters. The van der Waals surface area contributed by atoms with Crippen molar-refractivity contribution < 1.29 is 23.5 Å². The van der Waals surface area contributed by atoms with E-state index in [9.17, 15) is 18.8 Å². The van der Waals surface area contributed by atoms with Gasteiger partial charge in [-0.05, 0) is 67.3 Å². The van der Waals surface area contributed by atoms with E-state index in [1.54, 1.807) is 42.7 Å². The number of carbonyl (C=O) groups excluding carboxylic acids is 3. The van der Waals surface area contributed by atoms with Gasteiger partial charge in [-0.1, -0.05) is 6.08 Å². The lowest BCUT2D eigenvalue weighted by Crippen LogP contribution is -2.63. The van der Waals surface area contributed by atoms with E-state index in [1.165, 1.54) is 34.9 Å². The molecule has 7 nitrogen and oxygen atoms in total. The van der Waals surface area contributed by atoms with Crippen LogP contribution in [-0.4, -0.2) is 47.2 Å². The van der Waals surface area contributed by atoms with E-state index in [0.717, 1.165) is 4.90 Å². The number of thioether (sulfide) groups is 1. The van der Waals surface area contributed by atoms with Gasteiger partial charge in [0.05, 0.1) is 18.3 Å². The van der Waals surface area contributed by atoms with E-state index < -0.39 is 29.0 Å². The summed E-state index contributed by atoms with van der Waals surface area (Å²) in [6.45, 7) is 3.76. The fraction of sp³-hybridized carbons (Fsp3) is 0.261. The van der Waals surface area contributed by atoms with Crippen molar-refractivity contribution >= 4 is 41.0 Å². The number of rotatable bonds is 6. The number of fused-ring (bicyclic) bond motifs is 1. The summed E-state index contributed by atoms with van der Waals surface area (Å²) in [4.78, 5) is 41.4. The number of benzene rings is 2. The Bertz CT molecular complexity index is 1090. The van der Waals surface area contributed by atoms with Crippen molar-refractivity contribution in [2.75, 3.05) is 23.4 Å². The molecule has 32 heavy (non-hydrogen) atoms. The maximum atomic E-state index is 13.7. The number of urea groups is 1. The van der Waals surface area contributed by atoms with Crippen LogP contribution >= 0.6 is 11.8 Å². The first-order valence-electron chi connectivity index (χ1n) is 10.1. The third-order valence-corrected chi connectivity index (χ3v) is 6.32. The molecule has 2 heterocycles. The van der Waals surface area contributed by atoms with Crippen LogP contribution in [0.4, 0.5) is 20.6 Å². The second kappa shape index (κ2) is 9.04. The number of nitrogens with one attached hydrogen (secondary N) is 1. The maximum absolute atomic E-state index is 13.7. The predicted octanol–water partition coefficient (Wildman–Crippen LogP) is 3.94. The van der Waals surface area contributed by atoms with Crippen LogP contribution < -0.4 is 15.0 Å². The summed E-state index contributed by atoms with van der Waals surface area (Å²) in [5.41, 5.74) is 1.17. The highest BCUT2D eigenvalue weighted by Gasteiger charge is 2.48. The Hall–Kier alpha value is -3.33. The minimum atomic E-state index is -0.615. The van der Waals surface area contributed by atoms with Crippen LogP contribution in [0.5, 0.6) is 5.75 Å². The van der Waals surface area contributed by atoms with Gasteiger partial charge in [-0.15, -0.1) is 11.8 Å². The number of nitrogens with zero attached hydrogens (tertiary/aromatic N) is 2. The van der Waals surface area contributed by atoms with Gasteiger partial charge in [0, 0.05) is 5.69 Å². The van der Waals surface area contributed by atoms with Crippen molar-refractivity contribution in [1.29, 1.82) is 0 Å². The number of hydrogen-bond acceptors (Lipinski definition) is 5. The quantitative estimate of drug-likeness (QED) is 0.714. The molecule has 0 bridgehead atoms. The number of ether oxygens (including phenoxy) is 1. The molecule has 4 rings (SSSR count). The van der Waals surface area contributed by atoms with Crippen molar-refractivity contribution in [3.05, 3.63) is 65.3 Å². The van der Waals surface area contributed by atoms with E-state index in [4.69, 9.17) is 4.74 Å². The molecule has 166 valence electrons. The molecule has 0 aromatic heterocycles. The number of amides is 4. The zero-order chi connectivity index (χ0) is 22.8. The van der Waals surface area contributed by atoms with Crippen LogP contribution in [0.1, 0.15) is 12.5 Å². The Labute approximate surface area is 189 Å². The standard InChI is InChI=1S/C23H22FN3O4S/c1-3-31-17-7-4-15(5-8-17)25-20(28)13-26-19-10-11-32-21(19)22(29)27(23(26)30)16-6-9-18(24)14(2)12-16/h4-12,19,21H,3,13H2,1-2H3,(H,25,28). The number of imide groups is 1. The monoisotopic (exact) mass is 455 g/mol. The first kappa shape index (κ1) is 21.9. The molecule has 1 saturated heterocycles. The average Bonchev–Trinajstić information content (AvgIpc) is 3.25. The van der Waals surface area contributed by atoms with Gasteiger partial charge < -0.3 is 15.0 Å². The van der Waals surface area contributed by atoms with Crippen molar-refractivity contribution in [1.82, 2.24) is 4.90 Å². The summed E-state index contributed by atoms with van der Waals surface area (Å²) >= 11 is 1.30. The first-order chi connectivity index (χ1) is 15.4. The van der Waals surface area contributed by atoms with Crippen molar-refractivity contribution in [3.8, 4) is 5.75 Å².